The first kappa shape index (κ1) is 16.2. The van der Waals surface area contributed by atoms with Crippen molar-refractivity contribution < 1.29 is 9.53 Å². The molecular formula is C13H18Cl2N2O2. The van der Waals surface area contributed by atoms with Gasteiger partial charge in [0.1, 0.15) is 5.54 Å². The van der Waals surface area contributed by atoms with Crippen LogP contribution in [0.3, 0.4) is 0 Å². The Bertz CT molecular complexity index is 460. The summed E-state index contributed by atoms with van der Waals surface area (Å²) in [6.45, 7) is 2.98. The van der Waals surface area contributed by atoms with Crippen LogP contribution < -0.4 is 11.1 Å². The van der Waals surface area contributed by atoms with E-state index in [9.17, 15) is 4.79 Å². The van der Waals surface area contributed by atoms with Gasteiger partial charge in [-0.15, -0.1) is 12.4 Å². The number of benzene rings is 1. The van der Waals surface area contributed by atoms with E-state index in [2.05, 4.69) is 5.32 Å². The molecule has 1 aromatic carbocycles. The number of halogens is 2. The third-order valence-electron chi connectivity index (χ3n) is 3.21. The van der Waals surface area contributed by atoms with Crippen molar-refractivity contribution in [3.8, 4) is 0 Å². The monoisotopic (exact) mass is 304 g/mol. The number of aryl methyl sites for hydroxylation is 1. The number of amides is 1. The standard InChI is InChI=1S/C13H17ClN2O2.ClH/c1-9-2-3-11(10(14)8-9)16-12(17)13(15)4-6-18-7-5-13;/h2-3,8H,4-7,15H2,1H3,(H,16,17);1H. The lowest BCUT2D eigenvalue weighted by molar-refractivity contribution is -0.124. The van der Waals surface area contributed by atoms with Crippen molar-refractivity contribution in [2.75, 3.05) is 18.5 Å². The van der Waals surface area contributed by atoms with E-state index in [1.165, 1.54) is 0 Å². The van der Waals surface area contributed by atoms with E-state index in [1.807, 2.05) is 19.1 Å². The predicted molar refractivity (Wildman–Crippen MR) is 79.0 cm³/mol. The number of nitrogens with one attached hydrogen (secondary N) is 1. The fourth-order valence-corrected chi connectivity index (χ4v) is 2.21. The number of carbonyl (C=O) groups is 1. The van der Waals surface area contributed by atoms with Gasteiger partial charge in [0.15, 0.2) is 0 Å². The van der Waals surface area contributed by atoms with Gasteiger partial charge in [0, 0.05) is 13.2 Å². The lowest BCUT2D eigenvalue weighted by Gasteiger charge is -2.31. The van der Waals surface area contributed by atoms with Crippen molar-refractivity contribution >= 4 is 35.6 Å². The molecule has 0 radical (unpaired) electrons. The summed E-state index contributed by atoms with van der Waals surface area (Å²) in [6.07, 6.45) is 1.06. The van der Waals surface area contributed by atoms with Gasteiger partial charge in [-0.2, -0.15) is 0 Å². The first-order valence-electron chi connectivity index (χ1n) is 5.95. The number of hydrogen-bond acceptors (Lipinski definition) is 3. The smallest absolute Gasteiger partial charge is 0.244 e. The van der Waals surface area contributed by atoms with Gasteiger partial charge in [-0.05, 0) is 37.5 Å². The van der Waals surface area contributed by atoms with Crippen LogP contribution in [-0.2, 0) is 9.53 Å². The van der Waals surface area contributed by atoms with Crippen LogP contribution in [-0.4, -0.2) is 24.7 Å². The molecule has 3 N–H and O–H groups in total. The molecule has 106 valence electrons. The van der Waals surface area contributed by atoms with Crippen LogP contribution in [0.15, 0.2) is 18.2 Å². The molecule has 0 aromatic heterocycles. The van der Waals surface area contributed by atoms with Gasteiger partial charge in [0.25, 0.3) is 0 Å². The molecule has 0 spiro atoms. The lowest BCUT2D eigenvalue weighted by atomic mass is 9.90. The summed E-state index contributed by atoms with van der Waals surface area (Å²) >= 11 is 6.08. The number of carbonyl (C=O) groups excluding carboxylic acids is 1. The molecule has 2 rings (SSSR count). The minimum Gasteiger partial charge on any atom is -0.381 e. The van der Waals surface area contributed by atoms with E-state index in [0.717, 1.165) is 5.56 Å². The molecule has 6 heteroatoms. The summed E-state index contributed by atoms with van der Waals surface area (Å²) in [5, 5.41) is 3.32. The largest absolute Gasteiger partial charge is 0.381 e. The van der Waals surface area contributed by atoms with Gasteiger partial charge in [-0.1, -0.05) is 17.7 Å². The van der Waals surface area contributed by atoms with Crippen LogP contribution in [0.1, 0.15) is 18.4 Å². The molecule has 0 aliphatic carbocycles. The molecule has 0 bridgehead atoms. The number of nitrogens with two attached hydrogens (primary N) is 1. The highest BCUT2D eigenvalue weighted by Gasteiger charge is 2.36. The van der Waals surface area contributed by atoms with E-state index in [0.29, 0.717) is 36.8 Å². The van der Waals surface area contributed by atoms with E-state index in [1.54, 1.807) is 6.07 Å². The lowest BCUT2D eigenvalue weighted by Crippen LogP contribution is -2.54. The molecule has 1 fully saturated rings. The van der Waals surface area contributed by atoms with Crippen LogP contribution >= 0.6 is 24.0 Å². The molecule has 1 heterocycles. The summed E-state index contributed by atoms with van der Waals surface area (Å²) in [7, 11) is 0. The Morgan fingerprint density at radius 1 is 1.42 bits per heavy atom. The highest BCUT2D eigenvalue weighted by Crippen LogP contribution is 2.25. The second-order valence-corrected chi connectivity index (χ2v) is 5.11. The molecular weight excluding hydrogens is 287 g/mol. The second-order valence-electron chi connectivity index (χ2n) is 4.71. The first-order chi connectivity index (χ1) is 8.51. The first-order valence-corrected chi connectivity index (χ1v) is 6.33. The molecule has 1 aliphatic rings. The van der Waals surface area contributed by atoms with Crippen LogP contribution in [0.25, 0.3) is 0 Å². The van der Waals surface area contributed by atoms with E-state index < -0.39 is 5.54 Å². The van der Waals surface area contributed by atoms with Crippen LogP contribution in [0.4, 0.5) is 5.69 Å². The third-order valence-corrected chi connectivity index (χ3v) is 3.52. The molecule has 1 aromatic rings. The number of rotatable bonds is 2. The Labute approximate surface area is 124 Å². The third kappa shape index (κ3) is 3.83. The van der Waals surface area contributed by atoms with E-state index in [-0.39, 0.29) is 18.3 Å². The van der Waals surface area contributed by atoms with Crippen molar-refractivity contribution in [2.24, 2.45) is 5.73 Å². The number of anilines is 1. The minimum atomic E-state index is -0.855. The zero-order valence-corrected chi connectivity index (χ0v) is 12.3. The summed E-state index contributed by atoms with van der Waals surface area (Å²) < 4.78 is 5.22. The Morgan fingerprint density at radius 3 is 2.63 bits per heavy atom. The second kappa shape index (κ2) is 6.57. The minimum absolute atomic E-state index is 0. The quantitative estimate of drug-likeness (QED) is 0.882. The average molecular weight is 305 g/mol. The van der Waals surface area contributed by atoms with E-state index in [4.69, 9.17) is 22.1 Å². The average Bonchev–Trinajstić information content (AvgIpc) is 2.33. The normalized spacial score (nSPS) is 17.4. The van der Waals surface area contributed by atoms with Gasteiger partial charge in [-0.3, -0.25) is 4.79 Å². The fraction of sp³-hybridized carbons (Fsp3) is 0.462. The summed E-state index contributed by atoms with van der Waals surface area (Å²) in [4.78, 5) is 12.2. The van der Waals surface area contributed by atoms with Crippen molar-refractivity contribution in [1.29, 1.82) is 0 Å². The Balaban J connectivity index is 0.00000180. The van der Waals surface area contributed by atoms with Gasteiger partial charge in [0.05, 0.1) is 10.7 Å². The summed E-state index contributed by atoms with van der Waals surface area (Å²) in [5.74, 6) is -0.198. The molecule has 1 amide bonds. The highest BCUT2D eigenvalue weighted by atomic mass is 35.5. The Morgan fingerprint density at radius 2 is 2.05 bits per heavy atom. The Kier molecular flexibility index (Phi) is 5.62. The van der Waals surface area contributed by atoms with Gasteiger partial charge in [0.2, 0.25) is 5.91 Å². The highest BCUT2D eigenvalue weighted by molar-refractivity contribution is 6.33. The molecule has 19 heavy (non-hydrogen) atoms. The zero-order valence-electron chi connectivity index (χ0n) is 10.7. The fourth-order valence-electron chi connectivity index (χ4n) is 1.93. The molecule has 1 aliphatic heterocycles. The summed E-state index contributed by atoms with van der Waals surface area (Å²) in [5.41, 5.74) is 6.89. The predicted octanol–water partition coefficient (Wildman–Crippen LogP) is 2.52. The molecule has 0 saturated carbocycles. The van der Waals surface area contributed by atoms with Gasteiger partial charge < -0.3 is 15.8 Å². The molecule has 1 saturated heterocycles. The maximum Gasteiger partial charge on any atom is 0.244 e. The zero-order chi connectivity index (χ0) is 13.2. The molecule has 4 nitrogen and oxygen atoms in total. The SMILES string of the molecule is Cc1ccc(NC(=O)C2(N)CCOCC2)c(Cl)c1.Cl. The van der Waals surface area contributed by atoms with Crippen LogP contribution in [0, 0.1) is 6.92 Å². The van der Waals surface area contributed by atoms with E-state index >= 15 is 0 Å². The van der Waals surface area contributed by atoms with Gasteiger partial charge in [-0.25, -0.2) is 0 Å². The maximum absolute atomic E-state index is 12.2. The van der Waals surface area contributed by atoms with Crippen LogP contribution in [0.5, 0.6) is 0 Å². The molecule has 0 unspecified atom stereocenters. The van der Waals surface area contributed by atoms with Gasteiger partial charge >= 0.3 is 0 Å². The number of ether oxygens (including phenoxy) is 1. The van der Waals surface area contributed by atoms with Crippen LogP contribution in [0.2, 0.25) is 5.02 Å². The van der Waals surface area contributed by atoms with Crippen molar-refractivity contribution in [3.63, 3.8) is 0 Å². The van der Waals surface area contributed by atoms with Crippen molar-refractivity contribution in [2.45, 2.75) is 25.3 Å². The number of hydrogen-bond donors (Lipinski definition) is 2. The summed E-state index contributed by atoms with van der Waals surface area (Å²) in [6, 6.07) is 5.50. The van der Waals surface area contributed by atoms with Crippen molar-refractivity contribution in [3.05, 3.63) is 28.8 Å². The molecule has 0 atom stereocenters. The maximum atomic E-state index is 12.2. The Hall–Kier alpha value is -0.810. The topological polar surface area (TPSA) is 64.4 Å². The van der Waals surface area contributed by atoms with Crippen molar-refractivity contribution in [1.82, 2.24) is 0 Å².